The fourth-order valence-electron chi connectivity index (χ4n) is 1.82. The third-order valence-corrected chi connectivity index (χ3v) is 3.10. The minimum Gasteiger partial charge on any atom is -0.317 e. The van der Waals surface area contributed by atoms with Gasteiger partial charge < -0.3 is 10.2 Å². The molecule has 0 spiro atoms. The van der Waals surface area contributed by atoms with Crippen LogP contribution in [0.4, 0.5) is 0 Å². The van der Waals surface area contributed by atoms with Crippen LogP contribution in [0.2, 0.25) is 0 Å². The molecule has 0 aromatic carbocycles. The van der Waals surface area contributed by atoms with Gasteiger partial charge in [-0.1, -0.05) is 20.8 Å². The summed E-state index contributed by atoms with van der Waals surface area (Å²) in [4.78, 5) is 2.58. The quantitative estimate of drug-likeness (QED) is 0.563. The summed E-state index contributed by atoms with van der Waals surface area (Å²) in [5, 5.41) is 3.45. The van der Waals surface area contributed by atoms with Crippen molar-refractivity contribution in [2.75, 3.05) is 26.2 Å². The molecule has 0 bridgehead atoms. The van der Waals surface area contributed by atoms with Crippen molar-refractivity contribution in [2.24, 2.45) is 0 Å². The normalized spacial score (nSPS) is 13.4. The molecule has 0 radical (unpaired) electrons. The molecule has 0 rings (SSSR count). The van der Waals surface area contributed by atoms with Crippen LogP contribution in [-0.4, -0.2) is 37.1 Å². The van der Waals surface area contributed by atoms with Crippen LogP contribution in [0.25, 0.3) is 0 Å². The highest BCUT2D eigenvalue weighted by Gasteiger charge is 2.08. The molecule has 0 aliphatic rings. The van der Waals surface area contributed by atoms with Crippen LogP contribution >= 0.6 is 0 Å². The van der Waals surface area contributed by atoms with Gasteiger partial charge >= 0.3 is 0 Å². The molecule has 1 unspecified atom stereocenters. The van der Waals surface area contributed by atoms with E-state index in [9.17, 15) is 0 Å². The fourth-order valence-corrected chi connectivity index (χ4v) is 1.82. The van der Waals surface area contributed by atoms with Crippen molar-refractivity contribution in [2.45, 2.75) is 59.4 Å². The highest BCUT2D eigenvalue weighted by Crippen LogP contribution is 2.04. The average Bonchev–Trinajstić information content (AvgIpc) is 2.27. The molecular formula is C13H30N2. The van der Waals surface area contributed by atoms with Crippen molar-refractivity contribution < 1.29 is 0 Å². The summed E-state index contributed by atoms with van der Waals surface area (Å²) in [6.45, 7) is 13.9. The van der Waals surface area contributed by atoms with Crippen LogP contribution in [0, 0.1) is 0 Å². The van der Waals surface area contributed by atoms with Crippen molar-refractivity contribution >= 4 is 0 Å². The van der Waals surface area contributed by atoms with Crippen molar-refractivity contribution in [3.05, 3.63) is 0 Å². The summed E-state index contributed by atoms with van der Waals surface area (Å²) in [6.07, 6.45) is 5.15. The van der Waals surface area contributed by atoms with Gasteiger partial charge in [-0.15, -0.1) is 0 Å². The van der Waals surface area contributed by atoms with E-state index < -0.39 is 0 Å². The lowest BCUT2D eigenvalue weighted by Crippen LogP contribution is -2.33. The largest absolute Gasteiger partial charge is 0.317 e. The minimum absolute atomic E-state index is 0.749. The van der Waals surface area contributed by atoms with Crippen LogP contribution in [0.5, 0.6) is 0 Å². The summed E-state index contributed by atoms with van der Waals surface area (Å²) < 4.78 is 0. The Morgan fingerprint density at radius 3 is 2.33 bits per heavy atom. The van der Waals surface area contributed by atoms with Gasteiger partial charge in [0, 0.05) is 6.04 Å². The van der Waals surface area contributed by atoms with Gasteiger partial charge in [0.2, 0.25) is 0 Å². The van der Waals surface area contributed by atoms with E-state index in [4.69, 9.17) is 0 Å². The first-order chi connectivity index (χ1) is 7.26. The third kappa shape index (κ3) is 7.80. The number of nitrogens with one attached hydrogen (secondary N) is 1. The first kappa shape index (κ1) is 14.9. The maximum Gasteiger partial charge on any atom is 0.00641 e. The third-order valence-electron chi connectivity index (χ3n) is 3.10. The van der Waals surface area contributed by atoms with Crippen molar-refractivity contribution in [3.8, 4) is 0 Å². The number of hydrogen-bond donors (Lipinski definition) is 1. The molecule has 0 aromatic rings. The second kappa shape index (κ2) is 10.4. The van der Waals surface area contributed by atoms with Crippen LogP contribution in [0.3, 0.4) is 0 Å². The van der Waals surface area contributed by atoms with Crippen LogP contribution in [-0.2, 0) is 0 Å². The van der Waals surface area contributed by atoms with Crippen molar-refractivity contribution in [3.63, 3.8) is 0 Å². The highest BCUT2D eigenvalue weighted by molar-refractivity contribution is 4.64. The molecule has 2 nitrogen and oxygen atoms in total. The molecule has 2 heteroatoms. The zero-order valence-electron chi connectivity index (χ0n) is 11.2. The van der Waals surface area contributed by atoms with Gasteiger partial charge in [0.1, 0.15) is 0 Å². The van der Waals surface area contributed by atoms with Crippen LogP contribution in [0.15, 0.2) is 0 Å². The van der Waals surface area contributed by atoms with E-state index in [0.717, 1.165) is 6.04 Å². The highest BCUT2D eigenvalue weighted by atomic mass is 15.1. The van der Waals surface area contributed by atoms with E-state index in [0.29, 0.717) is 0 Å². The van der Waals surface area contributed by atoms with E-state index in [1.807, 2.05) is 0 Å². The lowest BCUT2D eigenvalue weighted by atomic mass is 10.2. The maximum atomic E-state index is 3.45. The van der Waals surface area contributed by atoms with E-state index in [1.54, 1.807) is 0 Å². The molecule has 0 fully saturated rings. The Morgan fingerprint density at radius 1 is 1.07 bits per heavy atom. The minimum atomic E-state index is 0.749. The number of hydrogen-bond acceptors (Lipinski definition) is 2. The Bertz CT molecular complexity index is 126. The predicted molar refractivity (Wildman–Crippen MR) is 69.4 cm³/mol. The first-order valence-electron chi connectivity index (χ1n) is 6.70. The van der Waals surface area contributed by atoms with Gasteiger partial charge in [-0.05, 0) is 58.8 Å². The second-order valence-corrected chi connectivity index (χ2v) is 4.34. The maximum absolute atomic E-state index is 3.45. The zero-order valence-corrected chi connectivity index (χ0v) is 11.2. The van der Waals surface area contributed by atoms with Gasteiger partial charge in [-0.3, -0.25) is 0 Å². The zero-order chi connectivity index (χ0) is 11.5. The molecule has 0 saturated carbocycles. The van der Waals surface area contributed by atoms with Crippen LogP contribution in [0.1, 0.15) is 53.4 Å². The Kier molecular flexibility index (Phi) is 10.4. The van der Waals surface area contributed by atoms with E-state index in [-0.39, 0.29) is 0 Å². The summed E-state index contributed by atoms with van der Waals surface area (Å²) in [5.41, 5.74) is 0. The van der Waals surface area contributed by atoms with Crippen LogP contribution < -0.4 is 5.32 Å². The SMILES string of the molecule is CCCNCCCCN(CC)C(C)CC. The molecule has 0 heterocycles. The Morgan fingerprint density at radius 2 is 1.80 bits per heavy atom. The predicted octanol–water partition coefficient (Wildman–Crippen LogP) is 2.89. The molecule has 0 aliphatic heterocycles. The molecule has 1 atom stereocenters. The average molecular weight is 214 g/mol. The van der Waals surface area contributed by atoms with E-state index >= 15 is 0 Å². The summed E-state index contributed by atoms with van der Waals surface area (Å²) >= 11 is 0. The van der Waals surface area contributed by atoms with Gasteiger partial charge in [-0.2, -0.15) is 0 Å². The molecule has 92 valence electrons. The molecule has 0 aliphatic carbocycles. The second-order valence-electron chi connectivity index (χ2n) is 4.34. The summed E-state index contributed by atoms with van der Waals surface area (Å²) in [7, 11) is 0. The summed E-state index contributed by atoms with van der Waals surface area (Å²) in [5.74, 6) is 0. The molecular weight excluding hydrogens is 184 g/mol. The van der Waals surface area contributed by atoms with E-state index in [1.165, 1.54) is 51.9 Å². The van der Waals surface area contributed by atoms with Gasteiger partial charge in [0.05, 0.1) is 0 Å². The summed E-state index contributed by atoms with van der Waals surface area (Å²) in [6, 6.07) is 0.749. The fraction of sp³-hybridized carbons (Fsp3) is 1.00. The standard InChI is InChI=1S/C13H30N2/c1-5-10-14-11-8-9-12-15(7-3)13(4)6-2/h13-14H,5-12H2,1-4H3. The molecule has 0 aromatic heterocycles. The number of nitrogens with zero attached hydrogens (tertiary/aromatic N) is 1. The Hall–Kier alpha value is -0.0800. The van der Waals surface area contributed by atoms with E-state index in [2.05, 4.69) is 37.9 Å². The van der Waals surface area contributed by atoms with Gasteiger partial charge in [0.25, 0.3) is 0 Å². The lowest BCUT2D eigenvalue weighted by Gasteiger charge is -2.26. The molecule has 0 saturated heterocycles. The van der Waals surface area contributed by atoms with Crippen molar-refractivity contribution in [1.82, 2.24) is 10.2 Å². The smallest absolute Gasteiger partial charge is 0.00641 e. The molecule has 15 heavy (non-hydrogen) atoms. The van der Waals surface area contributed by atoms with Crippen molar-refractivity contribution in [1.29, 1.82) is 0 Å². The Labute approximate surface area is 96.4 Å². The number of rotatable bonds is 10. The van der Waals surface area contributed by atoms with Gasteiger partial charge in [0.15, 0.2) is 0 Å². The van der Waals surface area contributed by atoms with Gasteiger partial charge in [-0.25, -0.2) is 0 Å². The Balaban J connectivity index is 3.38. The topological polar surface area (TPSA) is 15.3 Å². The lowest BCUT2D eigenvalue weighted by molar-refractivity contribution is 0.210. The monoisotopic (exact) mass is 214 g/mol. The molecule has 1 N–H and O–H groups in total. The molecule has 0 amide bonds. The first-order valence-corrected chi connectivity index (χ1v) is 6.70. The number of unbranched alkanes of at least 4 members (excludes halogenated alkanes) is 1.